The fraction of sp³-hybridized carbons (Fsp3) is 0.405. The van der Waals surface area contributed by atoms with E-state index >= 15 is 0 Å². The summed E-state index contributed by atoms with van der Waals surface area (Å²) in [5.41, 5.74) is 15.8. The van der Waals surface area contributed by atoms with E-state index in [2.05, 4.69) is 35.7 Å². The number of nitrogens with zero attached hydrogens (tertiary/aromatic N) is 10. The third-order valence-electron chi connectivity index (χ3n) is 11.1. The summed E-state index contributed by atoms with van der Waals surface area (Å²) in [6.07, 6.45) is 9.61. The molecular formula is C42H48N14O6. The van der Waals surface area contributed by atoms with Crippen molar-refractivity contribution in [3.05, 3.63) is 82.6 Å². The number of primary amides is 2. The molecule has 3 aliphatic rings. The Labute approximate surface area is 355 Å². The number of aryl methyl sites for hydroxylation is 2. The van der Waals surface area contributed by atoms with Crippen molar-refractivity contribution in [2.75, 3.05) is 50.1 Å². The Bertz CT molecular complexity index is 2750. The molecule has 9 rings (SSSR count). The number of pyridine rings is 1. The van der Waals surface area contributed by atoms with Crippen molar-refractivity contribution in [2.45, 2.75) is 71.1 Å². The normalized spacial score (nSPS) is 15.8. The molecule has 6 N–H and O–H groups in total. The van der Waals surface area contributed by atoms with E-state index in [1.54, 1.807) is 38.2 Å². The van der Waals surface area contributed by atoms with Gasteiger partial charge in [0.25, 0.3) is 11.8 Å². The Hall–Kier alpha value is -6.93. The first-order valence-corrected chi connectivity index (χ1v) is 20.8. The van der Waals surface area contributed by atoms with E-state index in [0.29, 0.717) is 59.2 Å². The molecule has 2 aliphatic carbocycles. The van der Waals surface area contributed by atoms with Gasteiger partial charge in [0.15, 0.2) is 5.65 Å². The number of nitrogens with one attached hydrogen (secondary N) is 2. The number of hydrogen-bond acceptors (Lipinski definition) is 12. The van der Waals surface area contributed by atoms with Gasteiger partial charge in [0.1, 0.15) is 28.2 Å². The van der Waals surface area contributed by atoms with Crippen LogP contribution in [0.1, 0.15) is 97.3 Å². The molecule has 322 valence electrons. The lowest BCUT2D eigenvalue weighted by Crippen LogP contribution is -2.37. The maximum Gasteiger partial charge on any atom is 0.276 e. The third-order valence-corrected chi connectivity index (χ3v) is 11.1. The Kier molecular flexibility index (Phi) is 11.0. The first-order chi connectivity index (χ1) is 30.0. The number of morpholine rings is 1. The topological polar surface area (TPSA) is 250 Å². The second-order valence-electron chi connectivity index (χ2n) is 16.0. The van der Waals surface area contributed by atoms with Crippen LogP contribution >= 0.6 is 0 Å². The lowest BCUT2D eigenvalue weighted by atomic mass is 10.1. The lowest BCUT2D eigenvalue weighted by Gasteiger charge is -2.26. The standard InChI is InChI=1S/C42H48N14O6/c1-24-18-32(55(50-24)28-6-7-28)39(59)48-41-46-30-20-26(36(43)57)22-34(62-15-5-10-52-13-16-61-17-14-52)35(30)53(41)11-3-4-12-54-38-31(21-27(23-45-38)37(44)58)47-42(54)49-40(60)33-19-25(2)51-56(33)29-8-9-29/h3-4,18-23,28-29H,5-17H2,1-2H3,(H2,43,57)(H2,44,58)(H,46,48,59)(H,47,49,60)/b4-3+. The molecule has 2 saturated carbocycles. The number of carbonyl (C=O) groups is 4. The number of anilines is 2. The minimum Gasteiger partial charge on any atom is -0.491 e. The summed E-state index contributed by atoms with van der Waals surface area (Å²) in [6, 6.07) is 8.55. The minimum atomic E-state index is -0.658. The Morgan fingerprint density at radius 2 is 1.34 bits per heavy atom. The maximum absolute atomic E-state index is 13.9. The molecule has 20 nitrogen and oxygen atoms in total. The number of imidazole rings is 2. The van der Waals surface area contributed by atoms with Gasteiger partial charge in [-0.05, 0) is 76.3 Å². The van der Waals surface area contributed by atoms with Crippen molar-refractivity contribution in [3.63, 3.8) is 0 Å². The maximum atomic E-state index is 13.9. The second kappa shape index (κ2) is 16.8. The van der Waals surface area contributed by atoms with Gasteiger partial charge in [-0.2, -0.15) is 10.2 Å². The molecule has 1 aromatic carbocycles. The van der Waals surface area contributed by atoms with Gasteiger partial charge in [0.2, 0.25) is 23.7 Å². The molecule has 6 aromatic rings. The first-order valence-electron chi connectivity index (χ1n) is 20.8. The van der Waals surface area contributed by atoms with Crippen LogP contribution in [-0.4, -0.2) is 112 Å². The Morgan fingerprint density at radius 3 is 1.94 bits per heavy atom. The van der Waals surface area contributed by atoms with Crippen molar-refractivity contribution >= 4 is 57.7 Å². The molecule has 0 atom stereocenters. The second-order valence-corrected chi connectivity index (χ2v) is 16.0. The van der Waals surface area contributed by atoms with Crippen LogP contribution < -0.4 is 26.8 Å². The van der Waals surface area contributed by atoms with Crippen LogP contribution in [0.3, 0.4) is 0 Å². The Balaban J connectivity index is 1.04. The fourth-order valence-electron chi connectivity index (χ4n) is 7.72. The number of rotatable bonds is 17. The molecular weight excluding hydrogens is 797 g/mol. The van der Waals surface area contributed by atoms with Gasteiger partial charge >= 0.3 is 0 Å². The molecule has 3 fully saturated rings. The molecule has 20 heteroatoms. The summed E-state index contributed by atoms with van der Waals surface area (Å²) in [5, 5.41) is 15.0. The Morgan fingerprint density at radius 1 is 0.774 bits per heavy atom. The number of nitrogens with two attached hydrogens (primary N) is 2. The van der Waals surface area contributed by atoms with E-state index in [4.69, 9.17) is 25.9 Å². The summed E-state index contributed by atoms with van der Waals surface area (Å²) in [6.45, 7) is 8.32. The fourth-order valence-corrected chi connectivity index (χ4v) is 7.72. The third kappa shape index (κ3) is 8.50. The highest BCUT2D eigenvalue weighted by molar-refractivity contribution is 6.05. The zero-order valence-electron chi connectivity index (χ0n) is 34.5. The number of allylic oxidation sites excluding steroid dienone is 2. The smallest absolute Gasteiger partial charge is 0.276 e. The van der Waals surface area contributed by atoms with E-state index < -0.39 is 11.8 Å². The van der Waals surface area contributed by atoms with Crippen molar-refractivity contribution in [3.8, 4) is 5.75 Å². The first kappa shape index (κ1) is 40.5. The van der Waals surface area contributed by atoms with Crippen LogP contribution in [-0.2, 0) is 17.8 Å². The van der Waals surface area contributed by atoms with E-state index in [9.17, 15) is 19.2 Å². The van der Waals surface area contributed by atoms with Gasteiger partial charge in [0, 0.05) is 44.5 Å². The van der Waals surface area contributed by atoms with Crippen LogP contribution in [0.5, 0.6) is 5.75 Å². The van der Waals surface area contributed by atoms with Crippen molar-refractivity contribution in [2.24, 2.45) is 11.5 Å². The van der Waals surface area contributed by atoms with E-state index in [0.717, 1.165) is 63.1 Å². The monoisotopic (exact) mass is 844 g/mol. The van der Waals surface area contributed by atoms with Gasteiger partial charge < -0.3 is 25.5 Å². The number of amides is 4. The molecule has 6 heterocycles. The summed E-state index contributed by atoms with van der Waals surface area (Å²) in [5.74, 6) is -1.25. The predicted molar refractivity (Wildman–Crippen MR) is 227 cm³/mol. The van der Waals surface area contributed by atoms with Crippen molar-refractivity contribution < 1.29 is 28.7 Å². The highest BCUT2D eigenvalue weighted by Gasteiger charge is 2.31. The highest BCUT2D eigenvalue weighted by Crippen LogP contribution is 2.37. The zero-order chi connectivity index (χ0) is 43.1. The number of hydrogen-bond donors (Lipinski definition) is 4. The molecule has 0 unspecified atom stereocenters. The highest BCUT2D eigenvalue weighted by atomic mass is 16.5. The average molecular weight is 845 g/mol. The molecule has 0 spiro atoms. The summed E-state index contributed by atoms with van der Waals surface area (Å²) in [7, 11) is 0. The summed E-state index contributed by atoms with van der Waals surface area (Å²) < 4.78 is 18.9. The minimum absolute atomic E-state index is 0.164. The number of fused-ring (bicyclic) bond motifs is 2. The molecule has 62 heavy (non-hydrogen) atoms. The van der Waals surface area contributed by atoms with Crippen molar-refractivity contribution in [1.82, 2.24) is 48.5 Å². The van der Waals surface area contributed by atoms with E-state index in [-0.39, 0.29) is 60.0 Å². The predicted octanol–water partition coefficient (Wildman–Crippen LogP) is 3.52. The van der Waals surface area contributed by atoms with Crippen LogP contribution in [0.4, 0.5) is 11.9 Å². The van der Waals surface area contributed by atoms with Crippen molar-refractivity contribution in [1.29, 1.82) is 0 Å². The largest absolute Gasteiger partial charge is 0.491 e. The van der Waals surface area contributed by atoms with Gasteiger partial charge in [-0.3, -0.25) is 48.6 Å². The van der Waals surface area contributed by atoms with Crippen LogP contribution in [0.15, 0.2) is 48.7 Å². The zero-order valence-corrected chi connectivity index (χ0v) is 34.5. The van der Waals surface area contributed by atoms with Crippen LogP contribution in [0.2, 0.25) is 0 Å². The van der Waals surface area contributed by atoms with Crippen LogP contribution in [0, 0.1) is 13.8 Å². The van der Waals surface area contributed by atoms with E-state index in [1.165, 1.54) is 12.3 Å². The molecule has 1 saturated heterocycles. The molecule has 5 aromatic heterocycles. The van der Waals surface area contributed by atoms with E-state index in [1.807, 2.05) is 30.6 Å². The van der Waals surface area contributed by atoms with Gasteiger partial charge in [0.05, 0.1) is 54.4 Å². The number of aromatic nitrogens is 9. The van der Waals surface area contributed by atoms with Gasteiger partial charge in [-0.25, -0.2) is 15.0 Å². The molecule has 0 radical (unpaired) electrons. The number of benzene rings is 1. The lowest BCUT2D eigenvalue weighted by molar-refractivity contribution is 0.0358. The quantitative estimate of drug-likeness (QED) is 0.0761. The molecule has 1 aliphatic heterocycles. The van der Waals surface area contributed by atoms with Gasteiger partial charge in [-0.15, -0.1) is 0 Å². The molecule has 4 amide bonds. The SMILES string of the molecule is Cc1cc(C(=O)Nc2nc3cc(C(N)=O)cnc3n2C/C=C/Cn2c(NC(=O)c3cc(C)nn3C3CC3)nc3cc(C(N)=O)cc(OCCCN4CCOCC4)c32)n(C2CC2)n1. The van der Waals surface area contributed by atoms with Gasteiger partial charge in [-0.1, -0.05) is 12.2 Å². The summed E-state index contributed by atoms with van der Waals surface area (Å²) in [4.78, 5) is 68.5. The average Bonchev–Trinajstić information content (AvgIpc) is 4.15. The van der Waals surface area contributed by atoms with Crippen LogP contribution in [0.25, 0.3) is 22.2 Å². The summed E-state index contributed by atoms with van der Waals surface area (Å²) >= 11 is 0. The molecule has 0 bridgehead atoms. The number of carbonyl (C=O) groups excluding carboxylic acids is 4. The number of ether oxygens (including phenoxy) is 2.